The molecule has 0 aliphatic rings. The number of benzene rings is 1. The molecule has 0 radical (unpaired) electrons. The van der Waals surface area contributed by atoms with Crippen LogP contribution >= 0.6 is 15.9 Å². The Morgan fingerprint density at radius 2 is 2.00 bits per heavy atom. The number of pyridine rings is 1. The van der Waals surface area contributed by atoms with Crippen molar-refractivity contribution in [3.05, 3.63) is 46.2 Å². The van der Waals surface area contributed by atoms with E-state index in [0.29, 0.717) is 15.6 Å². The highest BCUT2D eigenvalue weighted by Gasteiger charge is 2.11. The highest BCUT2D eigenvalue weighted by atomic mass is 79.9. The summed E-state index contributed by atoms with van der Waals surface area (Å²) in [7, 11) is 0. The second-order valence-electron chi connectivity index (χ2n) is 3.80. The fourth-order valence-electron chi connectivity index (χ4n) is 1.68. The van der Waals surface area contributed by atoms with E-state index in [2.05, 4.69) is 38.8 Å². The van der Waals surface area contributed by atoms with Crippen molar-refractivity contribution in [2.45, 2.75) is 6.92 Å². The van der Waals surface area contributed by atoms with E-state index in [0.717, 1.165) is 11.1 Å². The summed E-state index contributed by atoms with van der Waals surface area (Å²) >= 11 is 3.23. The van der Waals surface area contributed by atoms with Gasteiger partial charge in [-0.15, -0.1) is 5.92 Å². The molecule has 0 saturated carbocycles. The van der Waals surface area contributed by atoms with Gasteiger partial charge in [-0.05, 0) is 41.1 Å². The first-order valence-corrected chi connectivity index (χ1v) is 6.25. The van der Waals surface area contributed by atoms with Crippen LogP contribution in [0.3, 0.4) is 0 Å². The molecule has 0 unspecified atom stereocenters. The Balaban J connectivity index is 2.64. The van der Waals surface area contributed by atoms with E-state index in [-0.39, 0.29) is 5.75 Å². The van der Waals surface area contributed by atoms with Crippen molar-refractivity contribution in [1.29, 1.82) is 5.26 Å². The number of aromatic nitrogens is 1. The van der Waals surface area contributed by atoms with Crippen molar-refractivity contribution in [3.63, 3.8) is 0 Å². The minimum atomic E-state index is 0.0856. The van der Waals surface area contributed by atoms with Crippen molar-refractivity contribution in [2.24, 2.45) is 0 Å². The maximum absolute atomic E-state index is 10.1. The maximum Gasteiger partial charge on any atom is 0.137 e. The quantitative estimate of drug-likeness (QED) is 0.820. The average molecular weight is 313 g/mol. The van der Waals surface area contributed by atoms with Gasteiger partial charge in [0.25, 0.3) is 0 Å². The number of nitriles is 1. The van der Waals surface area contributed by atoms with Crippen molar-refractivity contribution in [3.8, 4) is 34.8 Å². The van der Waals surface area contributed by atoms with Gasteiger partial charge in [0.05, 0.1) is 16.1 Å². The third-order valence-corrected chi connectivity index (χ3v) is 3.12. The molecule has 0 bridgehead atoms. The predicted octanol–water partition coefficient (Wildman–Crippen LogP) is 3.46. The molecule has 0 aliphatic carbocycles. The smallest absolute Gasteiger partial charge is 0.137 e. The van der Waals surface area contributed by atoms with Crippen LogP contribution in [0.25, 0.3) is 11.1 Å². The molecule has 92 valence electrons. The molecule has 4 heteroatoms. The van der Waals surface area contributed by atoms with Crippen LogP contribution in [0.1, 0.15) is 18.1 Å². The van der Waals surface area contributed by atoms with E-state index < -0.39 is 0 Å². The fourth-order valence-corrected chi connectivity index (χ4v) is 2.14. The summed E-state index contributed by atoms with van der Waals surface area (Å²) in [6.07, 6.45) is 3.28. The summed E-state index contributed by atoms with van der Waals surface area (Å²) in [5.41, 5.74) is 2.50. The molecule has 3 nitrogen and oxygen atoms in total. The van der Waals surface area contributed by atoms with Crippen LogP contribution in [0, 0.1) is 23.2 Å². The van der Waals surface area contributed by atoms with Crippen LogP contribution in [0.4, 0.5) is 0 Å². The fraction of sp³-hybridized carbons (Fsp3) is 0.0667. The second kappa shape index (κ2) is 5.56. The number of hydrogen-bond acceptors (Lipinski definition) is 3. The first-order valence-electron chi connectivity index (χ1n) is 5.46. The van der Waals surface area contributed by atoms with Gasteiger partial charge in [0.2, 0.25) is 0 Å². The van der Waals surface area contributed by atoms with Crippen molar-refractivity contribution < 1.29 is 5.11 Å². The summed E-state index contributed by atoms with van der Waals surface area (Å²) in [5, 5.41) is 19.0. The van der Waals surface area contributed by atoms with E-state index in [1.807, 2.05) is 6.07 Å². The summed E-state index contributed by atoms with van der Waals surface area (Å²) in [4.78, 5) is 4.09. The van der Waals surface area contributed by atoms with Crippen molar-refractivity contribution in [2.75, 3.05) is 0 Å². The zero-order valence-corrected chi connectivity index (χ0v) is 11.7. The van der Waals surface area contributed by atoms with Crippen LogP contribution in [0.2, 0.25) is 0 Å². The van der Waals surface area contributed by atoms with Crippen LogP contribution in [-0.4, -0.2) is 10.1 Å². The number of rotatable bonds is 1. The monoisotopic (exact) mass is 312 g/mol. The largest absolute Gasteiger partial charge is 0.506 e. The zero-order chi connectivity index (χ0) is 13.8. The van der Waals surface area contributed by atoms with Gasteiger partial charge in [-0.25, -0.2) is 0 Å². The average Bonchev–Trinajstić information content (AvgIpc) is 2.42. The SMILES string of the molecule is CC#Cc1cncc(-c2cc(C#N)cc(Br)c2O)c1. The normalized spacial score (nSPS) is 9.32. The molecular formula is C15H9BrN2O. The second-order valence-corrected chi connectivity index (χ2v) is 4.66. The molecule has 1 heterocycles. The molecule has 2 rings (SSSR count). The first kappa shape index (κ1) is 13.1. The third-order valence-electron chi connectivity index (χ3n) is 2.51. The Morgan fingerprint density at radius 1 is 1.21 bits per heavy atom. The van der Waals surface area contributed by atoms with Gasteiger partial charge in [-0.1, -0.05) is 5.92 Å². The number of hydrogen-bond donors (Lipinski definition) is 1. The van der Waals surface area contributed by atoms with Crippen LogP contribution in [0.15, 0.2) is 35.1 Å². The number of halogens is 1. The molecule has 0 amide bonds. The molecule has 2 aromatic rings. The molecule has 1 aromatic heterocycles. The summed E-state index contributed by atoms with van der Waals surface area (Å²) in [6, 6.07) is 7.08. The van der Waals surface area contributed by atoms with Gasteiger partial charge in [0, 0.05) is 29.1 Å². The Bertz CT molecular complexity index is 736. The van der Waals surface area contributed by atoms with Gasteiger partial charge < -0.3 is 5.11 Å². The van der Waals surface area contributed by atoms with E-state index in [9.17, 15) is 5.11 Å². The van der Waals surface area contributed by atoms with Gasteiger partial charge in [-0.3, -0.25) is 4.98 Å². The van der Waals surface area contributed by atoms with E-state index in [1.165, 1.54) is 0 Å². The van der Waals surface area contributed by atoms with Crippen molar-refractivity contribution in [1.82, 2.24) is 4.98 Å². The number of phenols is 1. The lowest BCUT2D eigenvalue weighted by molar-refractivity contribution is 0.474. The first-order chi connectivity index (χ1) is 9.15. The minimum Gasteiger partial charge on any atom is -0.506 e. The Kier molecular flexibility index (Phi) is 3.85. The van der Waals surface area contributed by atoms with E-state index >= 15 is 0 Å². The van der Waals surface area contributed by atoms with Crippen LogP contribution < -0.4 is 0 Å². The lowest BCUT2D eigenvalue weighted by Gasteiger charge is -2.07. The topological polar surface area (TPSA) is 56.9 Å². The standard InChI is InChI=1S/C15H9BrN2O/c1-2-3-10-4-12(9-18-8-10)13-5-11(7-17)6-14(16)15(13)19/h4-6,8-9,19H,1H3. The molecule has 0 fully saturated rings. The molecule has 0 atom stereocenters. The van der Waals surface area contributed by atoms with Crippen LogP contribution in [-0.2, 0) is 0 Å². The highest BCUT2D eigenvalue weighted by molar-refractivity contribution is 9.10. The molecule has 0 spiro atoms. The van der Waals surface area contributed by atoms with E-state index in [4.69, 9.17) is 5.26 Å². The molecule has 1 N–H and O–H groups in total. The zero-order valence-electron chi connectivity index (χ0n) is 10.1. The molecule has 0 saturated heterocycles. The third kappa shape index (κ3) is 2.76. The molecular weight excluding hydrogens is 304 g/mol. The van der Waals surface area contributed by atoms with Crippen molar-refractivity contribution >= 4 is 15.9 Å². The van der Waals surface area contributed by atoms with Gasteiger partial charge in [-0.2, -0.15) is 5.26 Å². The Labute approximate surface area is 119 Å². The maximum atomic E-state index is 10.1. The molecule has 19 heavy (non-hydrogen) atoms. The number of aromatic hydroxyl groups is 1. The van der Waals surface area contributed by atoms with Crippen LogP contribution in [0.5, 0.6) is 5.75 Å². The molecule has 1 aromatic carbocycles. The summed E-state index contributed by atoms with van der Waals surface area (Å²) < 4.78 is 0.480. The summed E-state index contributed by atoms with van der Waals surface area (Å²) in [6.45, 7) is 1.75. The van der Waals surface area contributed by atoms with E-state index in [1.54, 1.807) is 31.5 Å². The minimum absolute atomic E-state index is 0.0856. The van der Waals surface area contributed by atoms with Gasteiger partial charge >= 0.3 is 0 Å². The highest BCUT2D eigenvalue weighted by Crippen LogP contribution is 2.36. The Hall–Kier alpha value is -2.30. The lowest BCUT2D eigenvalue weighted by atomic mass is 10.0. The number of phenolic OH excluding ortho intramolecular Hbond substituents is 1. The van der Waals surface area contributed by atoms with Gasteiger partial charge in [0.1, 0.15) is 5.75 Å². The number of nitrogens with zero attached hydrogens (tertiary/aromatic N) is 2. The lowest BCUT2D eigenvalue weighted by Crippen LogP contribution is -1.87. The predicted molar refractivity (Wildman–Crippen MR) is 76.3 cm³/mol. The van der Waals surface area contributed by atoms with Gasteiger partial charge in [0.15, 0.2) is 0 Å². The molecule has 0 aliphatic heterocycles. The summed E-state index contributed by atoms with van der Waals surface area (Å²) in [5.74, 6) is 5.79. The Morgan fingerprint density at radius 3 is 2.68 bits per heavy atom.